The van der Waals surface area contributed by atoms with E-state index in [1.54, 1.807) is 6.20 Å². The number of aromatic nitrogens is 1. The molecular formula is C17H19NO. The Morgan fingerprint density at radius 1 is 1.16 bits per heavy atom. The lowest BCUT2D eigenvalue weighted by atomic mass is 9.98. The van der Waals surface area contributed by atoms with Crippen LogP contribution in [0.3, 0.4) is 0 Å². The molecule has 0 saturated carbocycles. The Kier molecular flexibility index (Phi) is 4.06. The van der Waals surface area contributed by atoms with E-state index >= 15 is 0 Å². The van der Waals surface area contributed by atoms with E-state index in [9.17, 15) is 0 Å². The van der Waals surface area contributed by atoms with Crippen LogP contribution in [0.4, 0.5) is 0 Å². The van der Waals surface area contributed by atoms with Crippen molar-refractivity contribution in [2.45, 2.75) is 27.2 Å². The lowest BCUT2D eigenvalue weighted by Crippen LogP contribution is -2.01. The molecule has 0 aliphatic rings. The molecule has 1 aromatic carbocycles. The molecule has 2 heteroatoms. The molecule has 0 bridgehead atoms. The summed E-state index contributed by atoms with van der Waals surface area (Å²) in [4.78, 5) is 4.31. The standard InChI is InChI=1S/C17H19NO/c1-17(2,3)11-4-5-13-19-16-10-6-9-15-14(16)8-7-12-18-15/h6-10,12H,5,13H2,1-3H3. The van der Waals surface area contributed by atoms with Gasteiger partial charge < -0.3 is 4.74 Å². The molecule has 0 amide bonds. The third-order valence-electron chi connectivity index (χ3n) is 2.55. The van der Waals surface area contributed by atoms with Crippen molar-refractivity contribution < 1.29 is 4.74 Å². The third kappa shape index (κ3) is 3.99. The zero-order valence-electron chi connectivity index (χ0n) is 11.7. The predicted octanol–water partition coefficient (Wildman–Crippen LogP) is 4.05. The zero-order valence-corrected chi connectivity index (χ0v) is 11.7. The number of hydrogen-bond acceptors (Lipinski definition) is 2. The first-order valence-corrected chi connectivity index (χ1v) is 6.53. The molecule has 0 spiro atoms. The number of nitrogens with zero attached hydrogens (tertiary/aromatic N) is 1. The van der Waals surface area contributed by atoms with Crippen molar-refractivity contribution in [3.8, 4) is 17.6 Å². The molecule has 2 aromatic rings. The molecule has 1 heterocycles. The second kappa shape index (κ2) is 5.75. The maximum atomic E-state index is 5.79. The first-order valence-electron chi connectivity index (χ1n) is 6.53. The SMILES string of the molecule is CC(C)(C)C#CCCOc1cccc2ncccc12. The van der Waals surface area contributed by atoms with Crippen LogP contribution in [0.1, 0.15) is 27.2 Å². The topological polar surface area (TPSA) is 22.1 Å². The van der Waals surface area contributed by atoms with Crippen molar-refractivity contribution in [1.82, 2.24) is 4.98 Å². The molecule has 98 valence electrons. The number of benzene rings is 1. The van der Waals surface area contributed by atoms with Crippen molar-refractivity contribution in [2.24, 2.45) is 5.41 Å². The number of ether oxygens (including phenoxy) is 1. The number of pyridine rings is 1. The van der Waals surface area contributed by atoms with Crippen molar-refractivity contribution >= 4 is 10.9 Å². The van der Waals surface area contributed by atoms with E-state index in [0.717, 1.165) is 23.1 Å². The molecule has 0 atom stereocenters. The Morgan fingerprint density at radius 3 is 2.79 bits per heavy atom. The summed E-state index contributed by atoms with van der Waals surface area (Å²) in [7, 11) is 0. The van der Waals surface area contributed by atoms with Crippen LogP contribution < -0.4 is 4.74 Å². The smallest absolute Gasteiger partial charge is 0.128 e. The van der Waals surface area contributed by atoms with E-state index in [1.807, 2.05) is 30.3 Å². The zero-order chi connectivity index (χ0) is 13.7. The van der Waals surface area contributed by atoms with Gasteiger partial charge >= 0.3 is 0 Å². The minimum Gasteiger partial charge on any atom is -0.492 e. The molecule has 19 heavy (non-hydrogen) atoms. The minimum atomic E-state index is 0.0589. The van der Waals surface area contributed by atoms with Gasteiger partial charge in [0, 0.05) is 23.4 Å². The van der Waals surface area contributed by atoms with Gasteiger partial charge in [0.2, 0.25) is 0 Å². The molecule has 0 unspecified atom stereocenters. The van der Waals surface area contributed by atoms with Crippen molar-refractivity contribution in [3.63, 3.8) is 0 Å². The van der Waals surface area contributed by atoms with Crippen molar-refractivity contribution in [3.05, 3.63) is 36.5 Å². The molecule has 0 aliphatic heterocycles. The Morgan fingerprint density at radius 2 is 2.00 bits per heavy atom. The molecule has 0 fully saturated rings. The van der Waals surface area contributed by atoms with Gasteiger partial charge in [0.15, 0.2) is 0 Å². The average molecular weight is 253 g/mol. The van der Waals surface area contributed by atoms with Crippen LogP contribution in [-0.2, 0) is 0 Å². The molecule has 0 saturated heterocycles. The fourth-order valence-corrected chi connectivity index (χ4v) is 1.74. The van der Waals surface area contributed by atoms with Crippen LogP contribution in [0, 0.1) is 17.3 Å². The van der Waals surface area contributed by atoms with Crippen LogP contribution in [0.25, 0.3) is 10.9 Å². The first-order chi connectivity index (χ1) is 9.06. The van der Waals surface area contributed by atoms with Gasteiger partial charge in [-0.25, -0.2) is 0 Å². The highest BCUT2D eigenvalue weighted by Gasteiger charge is 2.03. The number of hydrogen-bond donors (Lipinski definition) is 0. The summed E-state index contributed by atoms with van der Waals surface area (Å²) in [5.74, 6) is 7.23. The van der Waals surface area contributed by atoms with Crippen molar-refractivity contribution in [2.75, 3.05) is 6.61 Å². The maximum Gasteiger partial charge on any atom is 0.128 e. The van der Waals surface area contributed by atoms with Gasteiger partial charge in [-0.15, -0.1) is 0 Å². The largest absolute Gasteiger partial charge is 0.492 e. The van der Waals surface area contributed by atoms with E-state index in [1.165, 1.54) is 0 Å². The lowest BCUT2D eigenvalue weighted by Gasteiger charge is -2.08. The molecule has 1 aromatic heterocycles. The Balaban J connectivity index is 2.00. The van der Waals surface area contributed by atoms with E-state index in [2.05, 4.69) is 37.6 Å². The Labute approximate surface area is 114 Å². The van der Waals surface area contributed by atoms with Crippen LogP contribution in [0.5, 0.6) is 5.75 Å². The van der Waals surface area contributed by atoms with E-state index in [-0.39, 0.29) is 5.41 Å². The Bertz CT molecular complexity index is 609. The summed E-state index contributed by atoms with van der Waals surface area (Å²) in [5, 5.41) is 1.05. The molecule has 2 rings (SSSR count). The number of fused-ring (bicyclic) bond motifs is 1. The molecule has 0 radical (unpaired) electrons. The average Bonchev–Trinajstić information content (AvgIpc) is 2.37. The summed E-state index contributed by atoms with van der Waals surface area (Å²) in [6, 6.07) is 9.88. The van der Waals surface area contributed by atoms with Crippen LogP contribution in [-0.4, -0.2) is 11.6 Å². The van der Waals surface area contributed by atoms with Crippen LogP contribution in [0.2, 0.25) is 0 Å². The Hall–Kier alpha value is -2.01. The lowest BCUT2D eigenvalue weighted by molar-refractivity contribution is 0.331. The molecule has 2 nitrogen and oxygen atoms in total. The highest BCUT2D eigenvalue weighted by atomic mass is 16.5. The van der Waals surface area contributed by atoms with Gasteiger partial charge in [0.05, 0.1) is 12.1 Å². The highest BCUT2D eigenvalue weighted by Crippen LogP contribution is 2.23. The summed E-state index contributed by atoms with van der Waals surface area (Å²) in [6.07, 6.45) is 2.54. The predicted molar refractivity (Wildman–Crippen MR) is 79.1 cm³/mol. The van der Waals surface area contributed by atoms with Crippen LogP contribution in [0.15, 0.2) is 36.5 Å². The van der Waals surface area contributed by atoms with Gasteiger partial charge in [-0.1, -0.05) is 17.9 Å². The highest BCUT2D eigenvalue weighted by molar-refractivity contribution is 5.84. The summed E-state index contributed by atoms with van der Waals surface area (Å²) >= 11 is 0. The van der Waals surface area contributed by atoms with Gasteiger partial charge in [-0.05, 0) is 45.0 Å². The maximum absolute atomic E-state index is 5.79. The first kappa shape index (κ1) is 13.4. The van der Waals surface area contributed by atoms with Gasteiger partial charge in [-0.3, -0.25) is 4.98 Å². The van der Waals surface area contributed by atoms with Gasteiger partial charge in [-0.2, -0.15) is 0 Å². The monoisotopic (exact) mass is 253 g/mol. The molecule has 0 aliphatic carbocycles. The summed E-state index contributed by atoms with van der Waals surface area (Å²) in [5.41, 5.74) is 1.02. The normalized spacial score (nSPS) is 10.9. The molecular weight excluding hydrogens is 234 g/mol. The van der Waals surface area contributed by atoms with E-state index in [4.69, 9.17) is 4.74 Å². The number of rotatable bonds is 3. The summed E-state index contributed by atoms with van der Waals surface area (Å²) < 4.78 is 5.79. The minimum absolute atomic E-state index is 0.0589. The summed E-state index contributed by atoms with van der Waals surface area (Å²) in [6.45, 7) is 6.93. The molecule has 0 N–H and O–H groups in total. The van der Waals surface area contributed by atoms with Gasteiger partial charge in [0.1, 0.15) is 5.75 Å². The third-order valence-corrected chi connectivity index (χ3v) is 2.55. The quantitative estimate of drug-likeness (QED) is 0.608. The van der Waals surface area contributed by atoms with E-state index < -0.39 is 0 Å². The van der Waals surface area contributed by atoms with E-state index in [0.29, 0.717) is 6.61 Å². The fraction of sp³-hybridized carbons (Fsp3) is 0.353. The van der Waals surface area contributed by atoms with Gasteiger partial charge in [0.25, 0.3) is 0 Å². The van der Waals surface area contributed by atoms with Crippen LogP contribution >= 0.6 is 0 Å². The fourth-order valence-electron chi connectivity index (χ4n) is 1.74. The second-order valence-corrected chi connectivity index (χ2v) is 5.48. The second-order valence-electron chi connectivity index (χ2n) is 5.48. The van der Waals surface area contributed by atoms with Crippen molar-refractivity contribution in [1.29, 1.82) is 0 Å².